The number of nitrogens with one attached hydrogen (secondary N) is 3. The summed E-state index contributed by atoms with van der Waals surface area (Å²) >= 11 is 0. The summed E-state index contributed by atoms with van der Waals surface area (Å²) in [6.45, 7) is 0.653. The van der Waals surface area contributed by atoms with Gasteiger partial charge >= 0.3 is 5.97 Å². The van der Waals surface area contributed by atoms with E-state index in [-0.39, 0.29) is 50.8 Å². The lowest BCUT2D eigenvalue weighted by Gasteiger charge is -2.29. The molecule has 14 N–H and O–H groups in total. The van der Waals surface area contributed by atoms with Crippen molar-refractivity contribution in [3.8, 4) is 0 Å². The first-order valence-electron chi connectivity index (χ1n) is 13.0. The average Bonchev–Trinajstić information content (AvgIpc) is 3.59. The topological polar surface area (TPSA) is 299 Å². The van der Waals surface area contributed by atoms with E-state index in [0.29, 0.717) is 31.4 Å². The van der Waals surface area contributed by atoms with Gasteiger partial charge in [-0.1, -0.05) is 0 Å². The monoisotopic (exact) mass is 564 g/mol. The standard InChI is InChI=1S/C23H40N12O5/c24-14(10-13-11-29-12-32-13)18(36)33-15(4-1-7-30-22(25)26)19(37)34-16(5-2-8-31-23(27)28)20(38)35-9-3-6-17(35)21(39)40/h11-12,14-17H,1-10,24H2,(H,29,32)(H,33,36)(H,34,37)(H,39,40)(H4,25,26,30)(H4,27,28,31). The zero-order valence-electron chi connectivity index (χ0n) is 22.3. The van der Waals surface area contributed by atoms with Gasteiger partial charge in [-0.05, 0) is 38.5 Å². The molecular weight excluding hydrogens is 524 g/mol. The number of carbonyl (C=O) groups excluding carboxylic acids is 3. The Balaban J connectivity index is 2.18. The van der Waals surface area contributed by atoms with Crippen LogP contribution in [-0.4, -0.2) is 99.4 Å². The highest BCUT2D eigenvalue weighted by Crippen LogP contribution is 2.20. The van der Waals surface area contributed by atoms with E-state index >= 15 is 0 Å². The summed E-state index contributed by atoms with van der Waals surface area (Å²) in [6.07, 6.45) is 4.93. The molecule has 1 fully saturated rings. The number of carbonyl (C=O) groups is 4. The number of aromatic nitrogens is 2. The summed E-state index contributed by atoms with van der Waals surface area (Å²) in [5.41, 5.74) is 28.1. The number of aliphatic imine (C=N–C) groups is 2. The maximum absolute atomic E-state index is 13.4. The van der Waals surface area contributed by atoms with Crippen molar-refractivity contribution in [1.29, 1.82) is 0 Å². The maximum atomic E-state index is 13.4. The van der Waals surface area contributed by atoms with Gasteiger partial charge in [0.15, 0.2) is 11.9 Å². The number of carboxylic acid groups (broad SMARTS) is 1. The zero-order chi connectivity index (χ0) is 29.7. The molecule has 0 saturated carbocycles. The van der Waals surface area contributed by atoms with Crippen LogP contribution in [0.25, 0.3) is 0 Å². The van der Waals surface area contributed by atoms with E-state index in [1.54, 1.807) is 0 Å². The normalized spacial score (nSPS) is 16.8. The molecule has 0 aliphatic carbocycles. The van der Waals surface area contributed by atoms with Crippen molar-refractivity contribution in [2.75, 3.05) is 19.6 Å². The number of guanidine groups is 2. The Kier molecular flexibility index (Phi) is 12.6. The highest BCUT2D eigenvalue weighted by atomic mass is 16.4. The second-order valence-corrected chi connectivity index (χ2v) is 9.44. The zero-order valence-corrected chi connectivity index (χ0v) is 22.3. The molecule has 4 atom stereocenters. The maximum Gasteiger partial charge on any atom is 0.326 e. The first kappa shape index (κ1) is 31.8. The summed E-state index contributed by atoms with van der Waals surface area (Å²) in [6, 6.07) is -4.11. The summed E-state index contributed by atoms with van der Waals surface area (Å²) in [4.78, 5) is 67.1. The predicted octanol–water partition coefficient (Wildman–Crippen LogP) is -3.57. The van der Waals surface area contributed by atoms with E-state index in [0.717, 1.165) is 0 Å². The van der Waals surface area contributed by atoms with E-state index in [9.17, 15) is 24.3 Å². The number of aliphatic carboxylic acids is 1. The van der Waals surface area contributed by atoms with Gasteiger partial charge < -0.3 is 54.3 Å². The highest BCUT2D eigenvalue weighted by Gasteiger charge is 2.38. The molecule has 1 aliphatic heterocycles. The van der Waals surface area contributed by atoms with Gasteiger partial charge in [-0.2, -0.15) is 0 Å². The minimum atomic E-state index is -1.12. The molecule has 17 heteroatoms. The quantitative estimate of drug-likeness (QED) is 0.0537. The van der Waals surface area contributed by atoms with Gasteiger partial charge in [-0.15, -0.1) is 0 Å². The molecule has 0 bridgehead atoms. The summed E-state index contributed by atoms with van der Waals surface area (Å²) in [5, 5.41) is 14.9. The molecule has 0 aromatic carbocycles. The Morgan fingerprint density at radius 1 is 1.02 bits per heavy atom. The Bertz CT molecular complexity index is 1050. The van der Waals surface area contributed by atoms with E-state index in [4.69, 9.17) is 28.7 Å². The van der Waals surface area contributed by atoms with Crippen LogP contribution in [0.4, 0.5) is 0 Å². The Labute approximate surface area is 231 Å². The van der Waals surface area contributed by atoms with E-state index in [1.807, 2.05) is 0 Å². The van der Waals surface area contributed by atoms with E-state index < -0.39 is 47.9 Å². The first-order valence-corrected chi connectivity index (χ1v) is 13.0. The van der Waals surface area contributed by atoms with Crippen LogP contribution in [0, 0.1) is 0 Å². The molecule has 17 nitrogen and oxygen atoms in total. The molecule has 2 rings (SSSR count). The number of nitrogens with zero attached hydrogens (tertiary/aromatic N) is 4. The highest BCUT2D eigenvalue weighted by molar-refractivity contribution is 5.94. The van der Waals surface area contributed by atoms with Crippen molar-refractivity contribution < 1.29 is 24.3 Å². The second-order valence-electron chi connectivity index (χ2n) is 9.44. The number of rotatable bonds is 16. The summed E-state index contributed by atoms with van der Waals surface area (Å²) in [5.74, 6) is -3.11. The molecule has 222 valence electrons. The molecular formula is C23H40N12O5. The largest absolute Gasteiger partial charge is 0.480 e. The van der Waals surface area contributed by atoms with E-state index in [2.05, 4.69) is 30.6 Å². The van der Waals surface area contributed by atoms with Gasteiger partial charge in [-0.3, -0.25) is 24.4 Å². The lowest BCUT2D eigenvalue weighted by molar-refractivity contribution is -0.149. The molecule has 1 aromatic rings. The fourth-order valence-corrected chi connectivity index (χ4v) is 4.30. The van der Waals surface area contributed by atoms with Gasteiger partial charge in [0.05, 0.1) is 12.4 Å². The van der Waals surface area contributed by atoms with Crippen LogP contribution in [0.3, 0.4) is 0 Å². The van der Waals surface area contributed by atoms with Crippen molar-refractivity contribution in [3.63, 3.8) is 0 Å². The molecule has 0 spiro atoms. The second kappa shape index (κ2) is 15.9. The number of likely N-dealkylation sites (tertiary alicyclic amines) is 1. The minimum absolute atomic E-state index is 0.114. The van der Waals surface area contributed by atoms with Gasteiger partial charge in [0, 0.05) is 37.9 Å². The average molecular weight is 565 g/mol. The van der Waals surface area contributed by atoms with Crippen LogP contribution in [0.5, 0.6) is 0 Å². The number of hydrogen-bond acceptors (Lipinski definition) is 8. The third kappa shape index (κ3) is 10.4. The lowest BCUT2D eigenvalue weighted by Crippen LogP contribution is -2.57. The van der Waals surface area contributed by atoms with Crippen molar-refractivity contribution in [2.24, 2.45) is 38.7 Å². The molecule has 2 heterocycles. The fraction of sp³-hybridized carbons (Fsp3) is 0.609. The van der Waals surface area contributed by atoms with Gasteiger partial charge in [-0.25, -0.2) is 9.78 Å². The number of carboxylic acids is 1. The molecule has 40 heavy (non-hydrogen) atoms. The van der Waals surface area contributed by atoms with Crippen LogP contribution in [0.15, 0.2) is 22.5 Å². The third-order valence-electron chi connectivity index (χ3n) is 6.29. The molecule has 3 amide bonds. The first-order chi connectivity index (χ1) is 19.0. The van der Waals surface area contributed by atoms with Gasteiger partial charge in [0.1, 0.15) is 18.1 Å². The molecule has 1 aliphatic rings. The summed E-state index contributed by atoms with van der Waals surface area (Å²) < 4.78 is 0. The fourth-order valence-electron chi connectivity index (χ4n) is 4.30. The van der Waals surface area contributed by atoms with Crippen LogP contribution in [0.1, 0.15) is 44.2 Å². The van der Waals surface area contributed by atoms with Crippen LogP contribution >= 0.6 is 0 Å². The third-order valence-corrected chi connectivity index (χ3v) is 6.29. The van der Waals surface area contributed by atoms with E-state index in [1.165, 1.54) is 17.4 Å². The molecule has 0 radical (unpaired) electrons. The van der Waals surface area contributed by atoms with Crippen LogP contribution < -0.4 is 39.3 Å². The molecule has 1 aromatic heterocycles. The predicted molar refractivity (Wildman–Crippen MR) is 146 cm³/mol. The Morgan fingerprint density at radius 2 is 1.62 bits per heavy atom. The Hall–Kier alpha value is -4.41. The number of amides is 3. The lowest BCUT2D eigenvalue weighted by atomic mass is 10.1. The van der Waals surface area contributed by atoms with Crippen molar-refractivity contribution >= 4 is 35.6 Å². The smallest absolute Gasteiger partial charge is 0.326 e. The van der Waals surface area contributed by atoms with Crippen LogP contribution in [0.2, 0.25) is 0 Å². The van der Waals surface area contributed by atoms with Crippen molar-refractivity contribution in [2.45, 2.75) is 69.1 Å². The minimum Gasteiger partial charge on any atom is -0.480 e. The summed E-state index contributed by atoms with van der Waals surface area (Å²) in [7, 11) is 0. The van der Waals surface area contributed by atoms with Gasteiger partial charge in [0.2, 0.25) is 17.7 Å². The Morgan fingerprint density at radius 3 is 2.17 bits per heavy atom. The molecule has 1 saturated heterocycles. The van der Waals surface area contributed by atoms with Gasteiger partial charge in [0.25, 0.3) is 0 Å². The van der Waals surface area contributed by atoms with Crippen molar-refractivity contribution in [1.82, 2.24) is 25.5 Å². The number of nitrogens with two attached hydrogens (primary N) is 5. The SMILES string of the molecule is NC(N)=NCCCC(NC(=O)C(N)Cc1cnc[nH]1)C(=O)NC(CCCN=C(N)N)C(=O)N1CCCC1C(=O)O. The van der Waals surface area contributed by atoms with Crippen molar-refractivity contribution in [3.05, 3.63) is 18.2 Å². The van der Waals surface area contributed by atoms with Crippen LogP contribution in [-0.2, 0) is 25.6 Å². The molecule has 4 unspecified atom stereocenters. The number of imidazole rings is 1. The number of hydrogen-bond donors (Lipinski definition) is 9. The number of H-pyrrole nitrogens is 1. The number of aromatic amines is 1.